The summed E-state index contributed by atoms with van der Waals surface area (Å²) in [5.74, 6) is -1.57. The van der Waals surface area contributed by atoms with E-state index in [1.54, 1.807) is 74.5 Å². The van der Waals surface area contributed by atoms with E-state index in [1.807, 2.05) is 0 Å². The van der Waals surface area contributed by atoms with Gasteiger partial charge in [0.05, 0.1) is 33.3 Å². The van der Waals surface area contributed by atoms with Gasteiger partial charge in [-0.2, -0.15) is 9.97 Å². The average Bonchev–Trinajstić information content (AvgIpc) is 3.62. The highest BCUT2D eigenvalue weighted by Crippen LogP contribution is 2.47. The van der Waals surface area contributed by atoms with Crippen LogP contribution in [0.3, 0.4) is 0 Å². The number of fused-ring (bicyclic) bond motifs is 1. The Bertz CT molecular complexity index is 1760. The predicted octanol–water partition coefficient (Wildman–Crippen LogP) is 2.34. The van der Waals surface area contributed by atoms with E-state index in [0.717, 1.165) is 0 Å². The number of anilines is 1. The molecule has 0 spiro atoms. The van der Waals surface area contributed by atoms with Crippen LogP contribution in [0.2, 0.25) is 0 Å². The monoisotopic (exact) mass is 713 g/mol. The Hall–Kier alpha value is -4.48. The van der Waals surface area contributed by atoms with Crippen LogP contribution in [0, 0.1) is 0 Å². The SMILES string of the molecule is CCOC(=O)[C@@H](NP(=O)(N[C@@H](C(=O)OCC)c1ccccc1)OC[C@H]1O[C@@H](n2cnc3c(OC)nc(N)nc32)[C@](C)(O)[C@@H]1O)c1ccccc1. The molecule has 1 aliphatic rings. The highest BCUT2D eigenvalue weighted by molar-refractivity contribution is 7.54. The number of hydrogen-bond acceptors (Lipinski definition) is 14. The number of carbonyl (C=O) groups is 2. The van der Waals surface area contributed by atoms with Crippen molar-refractivity contribution in [3.05, 3.63) is 78.1 Å². The molecule has 0 amide bonds. The molecule has 17 nitrogen and oxygen atoms in total. The predicted molar refractivity (Wildman–Crippen MR) is 178 cm³/mol. The zero-order valence-electron chi connectivity index (χ0n) is 27.8. The average molecular weight is 714 g/mol. The molecule has 268 valence electrons. The lowest BCUT2D eigenvalue weighted by Gasteiger charge is -2.30. The highest BCUT2D eigenvalue weighted by atomic mass is 31.2. The number of hydrogen-bond donors (Lipinski definition) is 5. The molecule has 4 aromatic rings. The molecule has 2 aromatic heterocycles. The van der Waals surface area contributed by atoms with Crippen LogP contribution in [0.4, 0.5) is 5.95 Å². The summed E-state index contributed by atoms with van der Waals surface area (Å²) < 4.78 is 44.2. The molecule has 0 bridgehead atoms. The fourth-order valence-corrected chi connectivity index (χ4v) is 7.27. The Balaban J connectivity index is 1.49. The zero-order chi connectivity index (χ0) is 36.1. The Kier molecular flexibility index (Phi) is 11.5. The number of aromatic nitrogens is 4. The van der Waals surface area contributed by atoms with Crippen LogP contribution >= 0.6 is 7.67 Å². The number of nitrogen functional groups attached to an aromatic ring is 1. The number of aliphatic hydroxyl groups is 2. The number of imidazole rings is 1. The van der Waals surface area contributed by atoms with E-state index in [1.165, 1.54) is 24.9 Å². The standard InChI is InChI=1S/C32H40N7O10P/c1-5-46-28(41)22(19-13-9-7-10-14-19)37-50(44,38-23(29(42)47-6-2)20-15-11-8-12-16-20)48-17-21-25(40)32(3,43)30(49-21)39-18-34-24-26(39)35-31(33)36-27(24)45-4/h7-16,18,21-23,25,30,40,43H,5-6,17H2,1-4H3,(H2,33,35,36)(H2,37,38,44)/t21-,22-,23+,25-,30-,32-,50?/m1/s1. The molecule has 50 heavy (non-hydrogen) atoms. The molecule has 1 saturated heterocycles. The van der Waals surface area contributed by atoms with Crippen LogP contribution in [0.5, 0.6) is 5.88 Å². The number of benzene rings is 2. The number of rotatable bonds is 15. The number of nitrogens with zero attached hydrogens (tertiary/aromatic N) is 4. The number of nitrogens with two attached hydrogens (primary N) is 1. The molecule has 0 saturated carbocycles. The van der Waals surface area contributed by atoms with Gasteiger partial charge < -0.3 is 39.4 Å². The third-order valence-corrected chi connectivity index (χ3v) is 9.65. The van der Waals surface area contributed by atoms with Crippen molar-refractivity contribution >= 4 is 36.7 Å². The summed E-state index contributed by atoms with van der Waals surface area (Å²) in [7, 11) is -3.14. The van der Waals surface area contributed by atoms with E-state index in [0.29, 0.717) is 11.1 Å². The second-order valence-corrected chi connectivity index (χ2v) is 13.3. The van der Waals surface area contributed by atoms with Gasteiger partial charge in [-0.1, -0.05) is 60.7 Å². The molecular weight excluding hydrogens is 673 g/mol. The van der Waals surface area contributed by atoms with E-state index in [9.17, 15) is 24.4 Å². The molecule has 1 fully saturated rings. The summed E-state index contributed by atoms with van der Waals surface area (Å²) >= 11 is 0. The molecule has 0 radical (unpaired) electrons. The van der Waals surface area contributed by atoms with Gasteiger partial charge in [-0.25, -0.2) is 24.7 Å². The number of carbonyl (C=O) groups excluding carboxylic acids is 2. The summed E-state index contributed by atoms with van der Waals surface area (Å²) in [6, 6.07) is 14.1. The summed E-state index contributed by atoms with van der Waals surface area (Å²) in [5, 5.41) is 28.3. The van der Waals surface area contributed by atoms with Gasteiger partial charge in [0.15, 0.2) is 17.4 Å². The van der Waals surface area contributed by atoms with Gasteiger partial charge in [-0.15, -0.1) is 0 Å². The van der Waals surface area contributed by atoms with Crippen molar-refractivity contribution in [2.45, 2.75) is 56.9 Å². The Morgan fingerprint density at radius 1 is 1.00 bits per heavy atom. The fraction of sp³-hybridized carbons (Fsp3) is 0.406. The van der Waals surface area contributed by atoms with Crippen molar-refractivity contribution in [3.8, 4) is 5.88 Å². The second kappa shape index (κ2) is 15.6. The molecule has 7 atom stereocenters. The van der Waals surface area contributed by atoms with Gasteiger partial charge in [-0.3, -0.25) is 9.13 Å². The van der Waals surface area contributed by atoms with E-state index < -0.39 is 62.3 Å². The molecule has 0 aliphatic carbocycles. The van der Waals surface area contributed by atoms with Crippen LogP contribution in [-0.4, -0.2) is 86.4 Å². The van der Waals surface area contributed by atoms with Crippen LogP contribution in [0.25, 0.3) is 11.2 Å². The number of methoxy groups -OCH3 is 1. The molecular formula is C32H40N7O10P. The molecule has 2 aromatic carbocycles. The van der Waals surface area contributed by atoms with Gasteiger partial charge >= 0.3 is 19.6 Å². The van der Waals surface area contributed by atoms with Crippen LogP contribution < -0.4 is 20.6 Å². The molecule has 18 heteroatoms. The topological polar surface area (TPSA) is 232 Å². The van der Waals surface area contributed by atoms with Crippen molar-refractivity contribution in [1.82, 2.24) is 29.7 Å². The van der Waals surface area contributed by atoms with Gasteiger partial charge in [-0.05, 0) is 31.9 Å². The number of nitrogens with one attached hydrogen (secondary N) is 2. The lowest BCUT2D eigenvalue weighted by molar-refractivity contribution is -0.145. The van der Waals surface area contributed by atoms with Gasteiger partial charge in [0.25, 0.3) is 0 Å². The minimum atomic E-state index is -4.52. The van der Waals surface area contributed by atoms with E-state index in [2.05, 4.69) is 25.1 Å². The Labute approximate surface area is 287 Å². The molecule has 3 heterocycles. The van der Waals surface area contributed by atoms with Gasteiger partial charge in [0, 0.05) is 0 Å². The van der Waals surface area contributed by atoms with Gasteiger partial charge in [0.1, 0.15) is 29.9 Å². The minimum Gasteiger partial charge on any atom is -0.479 e. The summed E-state index contributed by atoms with van der Waals surface area (Å²) in [6.07, 6.45) is -2.88. The van der Waals surface area contributed by atoms with Crippen molar-refractivity contribution in [3.63, 3.8) is 0 Å². The number of aliphatic hydroxyl groups excluding tert-OH is 1. The van der Waals surface area contributed by atoms with Crippen LogP contribution in [0.1, 0.15) is 50.2 Å². The van der Waals surface area contributed by atoms with Crippen LogP contribution in [-0.2, 0) is 32.9 Å². The van der Waals surface area contributed by atoms with Crippen molar-refractivity contribution in [2.75, 3.05) is 32.7 Å². The number of esters is 2. The van der Waals surface area contributed by atoms with E-state index in [-0.39, 0.29) is 36.2 Å². The normalized spacial score (nSPS) is 22.8. The van der Waals surface area contributed by atoms with E-state index in [4.69, 9.17) is 29.2 Å². The lowest BCUT2D eigenvalue weighted by Crippen LogP contribution is -2.44. The summed E-state index contributed by atoms with van der Waals surface area (Å²) in [4.78, 5) is 39.0. The first-order valence-corrected chi connectivity index (χ1v) is 17.4. The first-order chi connectivity index (χ1) is 23.9. The molecule has 1 aliphatic heterocycles. The van der Waals surface area contributed by atoms with Crippen molar-refractivity contribution < 1.29 is 47.8 Å². The first-order valence-electron chi connectivity index (χ1n) is 15.8. The first kappa shape index (κ1) is 36.8. The van der Waals surface area contributed by atoms with E-state index >= 15 is 0 Å². The maximum Gasteiger partial charge on any atom is 0.342 e. The smallest absolute Gasteiger partial charge is 0.342 e. The maximum atomic E-state index is 14.9. The minimum absolute atomic E-state index is 0.0296. The second-order valence-electron chi connectivity index (χ2n) is 11.4. The molecule has 1 unspecified atom stereocenters. The Morgan fingerprint density at radius 3 is 2.04 bits per heavy atom. The summed E-state index contributed by atoms with van der Waals surface area (Å²) in [6.45, 7) is 4.05. The zero-order valence-corrected chi connectivity index (χ0v) is 28.7. The quantitative estimate of drug-likeness (QED) is 0.0879. The Morgan fingerprint density at radius 2 is 1.54 bits per heavy atom. The molecule has 6 N–H and O–H groups in total. The van der Waals surface area contributed by atoms with Crippen molar-refractivity contribution in [1.29, 1.82) is 0 Å². The fourth-order valence-electron chi connectivity index (χ4n) is 5.50. The lowest BCUT2D eigenvalue weighted by atomic mass is 9.96. The number of ether oxygens (including phenoxy) is 4. The van der Waals surface area contributed by atoms with Crippen molar-refractivity contribution in [2.24, 2.45) is 0 Å². The highest BCUT2D eigenvalue weighted by Gasteiger charge is 2.54. The third kappa shape index (κ3) is 7.79. The van der Waals surface area contributed by atoms with Crippen LogP contribution in [0.15, 0.2) is 67.0 Å². The largest absolute Gasteiger partial charge is 0.479 e. The van der Waals surface area contributed by atoms with Gasteiger partial charge in [0.2, 0.25) is 11.8 Å². The maximum absolute atomic E-state index is 14.9. The summed E-state index contributed by atoms with van der Waals surface area (Å²) in [5.41, 5.74) is 5.07. The third-order valence-electron chi connectivity index (χ3n) is 7.94. The molecule has 5 rings (SSSR count).